The average molecular weight is 263 g/mol. The normalized spacial score (nSPS) is 26.6. The molecule has 2 atom stereocenters. The summed E-state index contributed by atoms with van der Waals surface area (Å²) in [5, 5.41) is 13.3. The summed E-state index contributed by atoms with van der Waals surface area (Å²) >= 11 is 0. The van der Waals surface area contributed by atoms with Crippen molar-refractivity contribution in [1.82, 2.24) is 14.7 Å². The van der Waals surface area contributed by atoms with Crippen molar-refractivity contribution >= 4 is 11.9 Å². The van der Waals surface area contributed by atoms with E-state index in [1.165, 1.54) is 0 Å². The van der Waals surface area contributed by atoms with Crippen LogP contribution in [0.2, 0.25) is 0 Å². The first-order valence-electron chi connectivity index (χ1n) is 6.63. The highest BCUT2D eigenvalue weighted by molar-refractivity contribution is 5.78. The molecule has 0 aromatic carbocycles. The van der Waals surface area contributed by atoms with Crippen molar-refractivity contribution in [2.24, 2.45) is 17.8 Å². The third-order valence-corrected chi connectivity index (χ3v) is 4.12. The van der Waals surface area contributed by atoms with Crippen LogP contribution in [0.15, 0.2) is 18.5 Å². The van der Waals surface area contributed by atoms with E-state index in [1.54, 1.807) is 28.0 Å². The van der Waals surface area contributed by atoms with Crippen molar-refractivity contribution in [3.05, 3.63) is 18.5 Å². The summed E-state index contributed by atoms with van der Waals surface area (Å²) in [5.74, 6) is -0.568. The van der Waals surface area contributed by atoms with E-state index in [-0.39, 0.29) is 18.4 Å². The second-order valence-corrected chi connectivity index (χ2v) is 5.45. The van der Waals surface area contributed by atoms with Gasteiger partial charge in [-0.15, -0.1) is 0 Å². The summed E-state index contributed by atoms with van der Waals surface area (Å²) in [4.78, 5) is 25.1. The average Bonchev–Trinajstić information content (AvgIpc) is 2.92. The lowest BCUT2D eigenvalue weighted by atomic mass is 9.92. The first-order chi connectivity index (χ1) is 9.15. The fourth-order valence-electron chi connectivity index (χ4n) is 2.93. The summed E-state index contributed by atoms with van der Waals surface area (Å²) in [5.41, 5.74) is 0. The van der Waals surface area contributed by atoms with E-state index in [0.717, 1.165) is 12.8 Å². The van der Waals surface area contributed by atoms with E-state index in [4.69, 9.17) is 0 Å². The van der Waals surface area contributed by atoms with Gasteiger partial charge in [0.1, 0.15) is 6.54 Å². The Balaban J connectivity index is 1.65. The Morgan fingerprint density at radius 1 is 1.32 bits per heavy atom. The van der Waals surface area contributed by atoms with E-state index in [1.807, 2.05) is 0 Å². The highest BCUT2D eigenvalue weighted by Gasteiger charge is 2.46. The van der Waals surface area contributed by atoms with Crippen LogP contribution in [0.3, 0.4) is 0 Å². The Bertz CT molecular complexity index is 481. The van der Waals surface area contributed by atoms with Crippen molar-refractivity contribution in [3.63, 3.8) is 0 Å². The van der Waals surface area contributed by atoms with Crippen molar-refractivity contribution in [2.75, 3.05) is 13.1 Å². The van der Waals surface area contributed by atoms with Crippen LogP contribution in [0, 0.1) is 17.8 Å². The Kier molecular flexibility index (Phi) is 3.00. The molecule has 1 aromatic rings. The van der Waals surface area contributed by atoms with Crippen LogP contribution in [0.4, 0.5) is 0 Å². The first kappa shape index (κ1) is 12.2. The lowest BCUT2D eigenvalue weighted by molar-refractivity contribution is -0.142. The minimum absolute atomic E-state index is 0.0434. The molecule has 2 heterocycles. The van der Waals surface area contributed by atoms with Crippen LogP contribution >= 0.6 is 0 Å². The zero-order valence-electron chi connectivity index (χ0n) is 10.6. The lowest BCUT2D eigenvalue weighted by Gasteiger charge is -2.16. The molecule has 0 spiro atoms. The quantitative estimate of drug-likeness (QED) is 0.856. The molecule has 1 saturated heterocycles. The molecule has 0 unspecified atom stereocenters. The number of hydrogen-bond acceptors (Lipinski definition) is 3. The number of amides is 1. The van der Waals surface area contributed by atoms with Crippen LogP contribution < -0.4 is 0 Å². The largest absolute Gasteiger partial charge is 0.481 e. The monoisotopic (exact) mass is 263 g/mol. The Hall–Kier alpha value is -1.85. The first-order valence-corrected chi connectivity index (χ1v) is 6.63. The van der Waals surface area contributed by atoms with Crippen molar-refractivity contribution in [1.29, 1.82) is 0 Å². The minimum atomic E-state index is -0.772. The molecule has 3 rings (SSSR count). The zero-order chi connectivity index (χ0) is 13.4. The van der Waals surface area contributed by atoms with Crippen LogP contribution in [-0.2, 0) is 16.1 Å². The SMILES string of the molecule is O=C(O)[C@H]1CN(C(=O)Cn2cccn2)C[C@@H]1C1CC1. The molecule has 1 N–H and O–H groups in total. The van der Waals surface area contributed by atoms with Crippen molar-refractivity contribution in [2.45, 2.75) is 19.4 Å². The molecule has 6 nitrogen and oxygen atoms in total. The number of carbonyl (C=O) groups is 2. The Morgan fingerprint density at radius 2 is 2.11 bits per heavy atom. The maximum absolute atomic E-state index is 12.1. The number of aliphatic carboxylic acids is 1. The summed E-state index contributed by atoms with van der Waals surface area (Å²) in [6, 6.07) is 1.77. The van der Waals surface area contributed by atoms with E-state index >= 15 is 0 Å². The molecule has 1 aromatic heterocycles. The van der Waals surface area contributed by atoms with Gasteiger partial charge in [0.25, 0.3) is 0 Å². The molecule has 1 amide bonds. The third kappa shape index (κ3) is 2.47. The fraction of sp³-hybridized carbons (Fsp3) is 0.615. The van der Waals surface area contributed by atoms with Gasteiger partial charge < -0.3 is 10.0 Å². The molecule has 6 heteroatoms. The number of nitrogens with zero attached hydrogens (tertiary/aromatic N) is 3. The minimum Gasteiger partial charge on any atom is -0.481 e. The maximum atomic E-state index is 12.1. The fourth-order valence-corrected chi connectivity index (χ4v) is 2.93. The van der Waals surface area contributed by atoms with Gasteiger partial charge in [-0.3, -0.25) is 14.3 Å². The maximum Gasteiger partial charge on any atom is 0.308 e. The van der Waals surface area contributed by atoms with E-state index in [9.17, 15) is 14.7 Å². The number of likely N-dealkylation sites (tertiary alicyclic amines) is 1. The number of carboxylic acids is 1. The van der Waals surface area contributed by atoms with Crippen molar-refractivity contribution < 1.29 is 14.7 Å². The van der Waals surface area contributed by atoms with Gasteiger partial charge in [-0.05, 0) is 30.7 Å². The molecule has 102 valence electrons. The van der Waals surface area contributed by atoms with Crippen LogP contribution in [0.25, 0.3) is 0 Å². The summed E-state index contributed by atoms with van der Waals surface area (Å²) in [6.07, 6.45) is 5.58. The number of aromatic nitrogens is 2. The van der Waals surface area contributed by atoms with Gasteiger partial charge in [0, 0.05) is 25.5 Å². The van der Waals surface area contributed by atoms with Gasteiger partial charge in [-0.2, -0.15) is 5.10 Å². The number of carbonyl (C=O) groups excluding carboxylic acids is 1. The zero-order valence-corrected chi connectivity index (χ0v) is 10.6. The van der Waals surface area contributed by atoms with Crippen molar-refractivity contribution in [3.8, 4) is 0 Å². The molecular formula is C13H17N3O3. The van der Waals surface area contributed by atoms with Gasteiger partial charge in [0.2, 0.25) is 5.91 Å². The summed E-state index contributed by atoms with van der Waals surface area (Å²) in [7, 11) is 0. The number of rotatable bonds is 4. The third-order valence-electron chi connectivity index (χ3n) is 4.12. The van der Waals surface area contributed by atoms with Gasteiger partial charge in [-0.1, -0.05) is 0 Å². The lowest BCUT2D eigenvalue weighted by Crippen LogP contribution is -2.33. The van der Waals surface area contributed by atoms with Gasteiger partial charge >= 0.3 is 5.97 Å². The highest BCUT2D eigenvalue weighted by atomic mass is 16.4. The molecule has 1 saturated carbocycles. The van der Waals surface area contributed by atoms with Gasteiger partial charge in [-0.25, -0.2) is 0 Å². The molecule has 2 aliphatic rings. The van der Waals surface area contributed by atoms with Crippen LogP contribution in [0.5, 0.6) is 0 Å². The van der Waals surface area contributed by atoms with E-state index in [2.05, 4.69) is 5.10 Å². The topological polar surface area (TPSA) is 75.4 Å². The highest BCUT2D eigenvalue weighted by Crippen LogP contribution is 2.44. The van der Waals surface area contributed by atoms with E-state index in [0.29, 0.717) is 19.0 Å². The predicted molar refractivity (Wildman–Crippen MR) is 66.1 cm³/mol. The summed E-state index contributed by atoms with van der Waals surface area (Å²) < 4.78 is 1.57. The summed E-state index contributed by atoms with van der Waals surface area (Å²) in [6.45, 7) is 1.12. The number of hydrogen-bond donors (Lipinski definition) is 1. The Morgan fingerprint density at radius 3 is 2.68 bits per heavy atom. The Labute approximate surface area is 111 Å². The molecule has 19 heavy (non-hydrogen) atoms. The number of carboxylic acid groups (broad SMARTS) is 1. The molecule has 0 radical (unpaired) electrons. The smallest absolute Gasteiger partial charge is 0.308 e. The second-order valence-electron chi connectivity index (χ2n) is 5.45. The van der Waals surface area contributed by atoms with Gasteiger partial charge in [0.15, 0.2) is 0 Å². The predicted octanol–water partition coefficient (Wildman–Crippen LogP) is 0.452. The molecule has 0 bridgehead atoms. The molecule has 1 aliphatic heterocycles. The molecular weight excluding hydrogens is 246 g/mol. The van der Waals surface area contributed by atoms with Gasteiger partial charge in [0.05, 0.1) is 5.92 Å². The van der Waals surface area contributed by atoms with Crippen LogP contribution in [-0.4, -0.2) is 44.8 Å². The molecule has 1 aliphatic carbocycles. The van der Waals surface area contributed by atoms with Crippen LogP contribution in [0.1, 0.15) is 12.8 Å². The van der Waals surface area contributed by atoms with E-state index < -0.39 is 11.9 Å². The second kappa shape index (κ2) is 4.68. The molecule has 2 fully saturated rings. The standard InChI is InChI=1S/C13H17N3O3/c17-12(8-16-5-1-4-14-16)15-6-10(9-2-3-9)11(7-15)13(18)19/h1,4-5,9-11H,2-3,6-8H2,(H,18,19)/t10-,11+/m1/s1.